The van der Waals surface area contributed by atoms with Crippen molar-refractivity contribution in [2.75, 3.05) is 6.61 Å². The van der Waals surface area contributed by atoms with E-state index in [4.69, 9.17) is 9.84 Å². The molecule has 1 aromatic carbocycles. The van der Waals surface area contributed by atoms with E-state index in [0.717, 1.165) is 18.6 Å². The smallest absolute Gasteiger partial charge is 0.306 e. The fraction of sp³-hybridized carbons (Fsp3) is 0.556. The lowest BCUT2D eigenvalue weighted by Crippen LogP contribution is -2.33. The molecular weight excluding hydrogens is 294 g/mol. The Hall–Kier alpha value is -2.04. The summed E-state index contributed by atoms with van der Waals surface area (Å²) in [5, 5.41) is 11.9. The molecular formula is C18H25NO4. The molecule has 1 saturated carbocycles. The number of rotatable bonds is 7. The van der Waals surface area contributed by atoms with Crippen molar-refractivity contribution < 1.29 is 19.4 Å². The van der Waals surface area contributed by atoms with Gasteiger partial charge in [-0.2, -0.15) is 0 Å². The fourth-order valence-electron chi connectivity index (χ4n) is 2.72. The van der Waals surface area contributed by atoms with Crippen LogP contribution in [0.4, 0.5) is 0 Å². The zero-order valence-electron chi connectivity index (χ0n) is 13.7. The molecule has 23 heavy (non-hydrogen) atoms. The first kappa shape index (κ1) is 17.3. The lowest BCUT2D eigenvalue weighted by atomic mass is 10.1. The van der Waals surface area contributed by atoms with Crippen molar-refractivity contribution in [1.29, 1.82) is 0 Å². The van der Waals surface area contributed by atoms with E-state index < -0.39 is 5.97 Å². The lowest BCUT2D eigenvalue weighted by Gasteiger charge is -2.13. The molecule has 1 aliphatic rings. The minimum Gasteiger partial charge on any atom is -0.494 e. The molecule has 0 unspecified atom stereocenters. The maximum Gasteiger partial charge on any atom is 0.306 e. The van der Waals surface area contributed by atoms with Crippen LogP contribution in [0, 0.1) is 11.8 Å². The summed E-state index contributed by atoms with van der Waals surface area (Å²) in [4.78, 5) is 23.1. The number of hydrogen-bond acceptors (Lipinski definition) is 3. The second-order valence-electron chi connectivity index (χ2n) is 6.57. The lowest BCUT2D eigenvalue weighted by molar-refractivity contribution is -0.141. The fourth-order valence-corrected chi connectivity index (χ4v) is 2.72. The average molecular weight is 319 g/mol. The Morgan fingerprint density at radius 2 is 1.96 bits per heavy atom. The van der Waals surface area contributed by atoms with E-state index in [1.807, 2.05) is 0 Å². The Morgan fingerprint density at radius 1 is 1.26 bits per heavy atom. The van der Waals surface area contributed by atoms with Crippen LogP contribution in [0.2, 0.25) is 0 Å². The van der Waals surface area contributed by atoms with Crippen molar-refractivity contribution in [3.63, 3.8) is 0 Å². The van der Waals surface area contributed by atoms with Gasteiger partial charge in [0.05, 0.1) is 12.5 Å². The highest BCUT2D eigenvalue weighted by molar-refractivity contribution is 5.94. The summed E-state index contributed by atoms with van der Waals surface area (Å²) in [6.45, 7) is 4.96. The normalized spacial score (nSPS) is 20.5. The van der Waals surface area contributed by atoms with Crippen LogP contribution in [0.15, 0.2) is 24.3 Å². The van der Waals surface area contributed by atoms with Crippen LogP contribution < -0.4 is 10.1 Å². The molecule has 5 nitrogen and oxygen atoms in total. The van der Waals surface area contributed by atoms with Gasteiger partial charge in [0.15, 0.2) is 0 Å². The van der Waals surface area contributed by atoms with Crippen molar-refractivity contribution in [3.05, 3.63) is 29.8 Å². The Bertz CT molecular complexity index is 538. The third-order valence-electron chi connectivity index (χ3n) is 4.20. The van der Waals surface area contributed by atoms with Gasteiger partial charge in [-0.1, -0.05) is 13.8 Å². The summed E-state index contributed by atoms with van der Waals surface area (Å²) in [5.41, 5.74) is 0.569. The Morgan fingerprint density at radius 3 is 2.52 bits per heavy atom. The van der Waals surface area contributed by atoms with Crippen molar-refractivity contribution in [1.82, 2.24) is 5.32 Å². The number of carbonyl (C=O) groups is 2. The van der Waals surface area contributed by atoms with E-state index in [1.165, 1.54) is 0 Å². The van der Waals surface area contributed by atoms with Gasteiger partial charge in [-0.15, -0.1) is 0 Å². The van der Waals surface area contributed by atoms with Crippen molar-refractivity contribution in [3.8, 4) is 5.75 Å². The standard InChI is InChI=1S/C18H25NO4/c1-12(2)9-10-23-16-7-4-13(5-8-16)17(20)19-15-6-3-14(11-15)18(21)22/h4-5,7-8,12,14-15H,3,6,9-11H2,1-2H3,(H,19,20)(H,21,22)/t14-,15+/m0/s1. The Kier molecular flexibility index (Phi) is 6.02. The van der Waals surface area contributed by atoms with Gasteiger partial charge in [0.25, 0.3) is 5.91 Å². The molecule has 0 radical (unpaired) electrons. The first-order valence-electron chi connectivity index (χ1n) is 8.22. The number of aliphatic carboxylic acids is 1. The average Bonchev–Trinajstić information content (AvgIpc) is 2.96. The van der Waals surface area contributed by atoms with Crippen LogP contribution in [-0.4, -0.2) is 29.6 Å². The van der Waals surface area contributed by atoms with Gasteiger partial charge in [0.2, 0.25) is 0 Å². The van der Waals surface area contributed by atoms with E-state index in [-0.39, 0.29) is 17.9 Å². The van der Waals surface area contributed by atoms with Crippen LogP contribution in [0.5, 0.6) is 5.75 Å². The molecule has 0 heterocycles. The number of amides is 1. The van der Waals surface area contributed by atoms with Crippen molar-refractivity contribution in [2.45, 2.75) is 45.6 Å². The molecule has 5 heteroatoms. The van der Waals surface area contributed by atoms with Gasteiger partial charge in [-0.05, 0) is 55.9 Å². The van der Waals surface area contributed by atoms with E-state index in [0.29, 0.717) is 30.9 Å². The van der Waals surface area contributed by atoms with Gasteiger partial charge >= 0.3 is 5.97 Å². The second kappa shape index (κ2) is 7.99. The highest BCUT2D eigenvalue weighted by Gasteiger charge is 2.30. The van der Waals surface area contributed by atoms with Gasteiger partial charge in [-0.3, -0.25) is 9.59 Å². The Labute approximate surface area is 137 Å². The van der Waals surface area contributed by atoms with Gasteiger partial charge in [0, 0.05) is 11.6 Å². The van der Waals surface area contributed by atoms with E-state index in [9.17, 15) is 9.59 Å². The van der Waals surface area contributed by atoms with Crippen LogP contribution in [0.3, 0.4) is 0 Å². The summed E-state index contributed by atoms with van der Waals surface area (Å²) in [7, 11) is 0. The molecule has 0 aliphatic heterocycles. The number of nitrogens with one attached hydrogen (secondary N) is 1. The quantitative estimate of drug-likeness (QED) is 0.810. The van der Waals surface area contributed by atoms with Crippen LogP contribution >= 0.6 is 0 Å². The van der Waals surface area contributed by atoms with Gasteiger partial charge in [-0.25, -0.2) is 0 Å². The molecule has 1 fully saturated rings. The van der Waals surface area contributed by atoms with E-state index in [1.54, 1.807) is 24.3 Å². The SMILES string of the molecule is CC(C)CCOc1ccc(C(=O)N[C@@H]2CC[C@H](C(=O)O)C2)cc1. The summed E-state index contributed by atoms with van der Waals surface area (Å²) in [6.07, 6.45) is 2.86. The maximum absolute atomic E-state index is 12.2. The van der Waals surface area contributed by atoms with Crippen molar-refractivity contribution in [2.24, 2.45) is 11.8 Å². The monoisotopic (exact) mass is 319 g/mol. The predicted molar refractivity (Wildman–Crippen MR) is 87.6 cm³/mol. The molecule has 1 amide bonds. The number of ether oxygens (including phenoxy) is 1. The maximum atomic E-state index is 12.2. The van der Waals surface area contributed by atoms with Gasteiger partial charge < -0.3 is 15.2 Å². The molecule has 2 atom stereocenters. The molecule has 1 aliphatic carbocycles. The van der Waals surface area contributed by atoms with Crippen LogP contribution in [0.25, 0.3) is 0 Å². The summed E-state index contributed by atoms with van der Waals surface area (Å²) in [6, 6.07) is 7.02. The number of carbonyl (C=O) groups excluding carboxylic acids is 1. The largest absolute Gasteiger partial charge is 0.494 e. The summed E-state index contributed by atoms with van der Waals surface area (Å²) < 4.78 is 5.63. The summed E-state index contributed by atoms with van der Waals surface area (Å²) in [5.74, 6) is 0.0894. The number of benzene rings is 1. The number of hydrogen-bond donors (Lipinski definition) is 2. The molecule has 0 spiro atoms. The minimum atomic E-state index is -0.773. The third-order valence-corrected chi connectivity index (χ3v) is 4.20. The molecule has 2 rings (SSSR count). The van der Waals surface area contributed by atoms with E-state index in [2.05, 4.69) is 19.2 Å². The minimum absolute atomic E-state index is 0.0504. The molecule has 0 saturated heterocycles. The first-order chi connectivity index (χ1) is 11.0. The zero-order valence-corrected chi connectivity index (χ0v) is 13.7. The van der Waals surface area contributed by atoms with Crippen LogP contribution in [0.1, 0.15) is 49.9 Å². The first-order valence-corrected chi connectivity index (χ1v) is 8.22. The van der Waals surface area contributed by atoms with Crippen LogP contribution in [-0.2, 0) is 4.79 Å². The second-order valence-corrected chi connectivity index (χ2v) is 6.57. The molecule has 0 aromatic heterocycles. The third kappa shape index (κ3) is 5.27. The molecule has 2 N–H and O–H groups in total. The summed E-state index contributed by atoms with van der Waals surface area (Å²) >= 11 is 0. The molecule has 126 valence electrons. The van der Waals surface area contributed by atoms with Gasteiger partial charge in [0.1, 0.15) is 5.75 Å². The topological polar surface area (TPSA) is 75.6 Å². The highest BCUT2D eigenvalue weighted by Crippen LogP contribution is 2.26. The van der Waals surface area contributed by atoms with E-state index >= 15 is 0 Å². The predicted octanol–water partition coefficient (Wildman–Crippen LogP) is 3.09. The highest BCUT2D eigenvalue weighted by atomic mass is 16.5. The number of carboxylic acids is 1. The van der Waals surface area contributed by atoms with Crippen molar-refractivity contribution >= 4 is 11.9 Å². The number of carboxylic acid groups (broad SMARTS) is 1. The molecule has 0 bridgehead atoms. The zero-order chi connectivity index (χ0) is 16.8. The molecule has 1 aromatic rings. The Balaban J connectivity index is 1.82.